The first-order valence-corrected chi connectivity index (χ1v) is 7.15. The highest BCUT2D eigenvalue weighted by atomic mass is 15.4. The van der Waals surface area contributed by atoms with Gasteiger partial charge in [-0.1, -0.05) is 44.2 Å². The monoisotopic (exact) mass is 281 g/mol. The van der Waals surface area contributed by atoms with Gasteiger partial charge in [-0.3, -0.25) is 0 Å². The Morgan fingerprint density at radius 3 is 2.62 bits per heavy atom. The highest BCUT2D eigenvalue weighted by Crippen LogP contribution is 2.17. The summed E-state index contributed by atoms with van der Waals surface area (Å²) in [5.74, 6) is 1.63. The third-order valence-electron chi connectivity index (χ3n) is 3.35. The Balaban J connectivity index is 1.89. The van der Waals surface area contributed by atoms with Crippen LogP contribution in [0.5, 0.6) is 0 Å². The molecule has 0 atom stereocenters. The minimum absolute atomic E-state index is 0.373. The molecular weight excluding hydrogens is 262 g/mol. The van der Waals surface area contributed by atoms with Crippen molar-refractivity contribution < 1.29 is 0 Å². The van der Waals surface area contributed by atoms with E-state index in [2.05, 4.69) is 52.4 Å². The van der Waals surface area contributed by atoms with E-state index in [0.29, 0.717) is 24.2 Å². The third-order valence-corrected chi connectivity index (χ3v) is 3.35. The molecule has 1 aromatic carbocycles. The lowest BCUT2D eigenvalue weighted by Gasteiger charge is -2.07. The number of hydrogen-bond acceptors (Lipinski definition) is 4. The molecule has 0 saturated heterocycles. The molecule has 2 heterocycles. The predicted octanol–water partition coefficient (Wildman–Crippen LogP) is 3.17. The normalized spacial score (nSPS) is 11.2. The summed E-state index contributed by atoms with van der Waals surface area (Å²) in [7, 11) is 0. The van der Waals surface area contributed by atoms with Crippen LogP contribution in [0.3, 0.4) is 0 Å². The molecule has 2 aromatic heterocycles. The molecule has 0 aliphatic carbocycles. The number of nitrogens with zero attached hydrogens (tertiary/aromatic N) is 4. The van der Waals surface area contributed by atoms with Crippen molar-refractivity contribution in [1.29, 1.82) is 0 Å². The maximum absolute atomic E-state index is 4.52. The summed E-state index contributed by atoms with van der Waals surface area (Å²) in [5.41, 5.74) is 3.29. The number of fused-ring (bicyclic) bond motifs is 1. The van der Waals surface area contributed by atoms with E-state index in [1.807, 2.05) is 29.6 Å². The molecule has 0 aliphatic rings. The van der Waals surface area contributed by atoms with Crippen molar-refractivity contribution in [1.82, 2.24) is 19.6 Å². The maximum atomic E-state index is 4.52. The second kappa shape index (κ2) is 5.52. The number of hydrogen-bond donors (Lipinski definition) is 1. The zero-order valence-corrected chi connectivity index (χ0v) is 12.5. The molecule has 0 radical (unpaired) electrons. The van der Waals surface area contributed by atoms with Crippen molar-refractivity contribution >= 4 is 11.7 Å². The van der Waals surface area contributed by atoms with Crippen LogP contribution in [0.1, 0.15) is 36.7 Å². The largest absolute Gasteiger partial charge is 0.349 e. The maximum Gasteiger partial charge on any atom is 0.254 e. The van der Waals surface area contributed by atoms with Gasteiger partial charge in [-0.15, -0.1) is 5.10 Å². The van der Waals surface area contributed by atoms with Gasteiger partial charge in [0.15, 0.2) is 0 Å². The summed E-state index contributed by atoms with van der Waals surface area (Å²) in [4.78, 5) is 8.91. The van der Waals surface area contributed by atoms with Gasteiger partial charge in [0.2, 0.25) is 5.95 Å². The van der Waals surface area contributed by atoms with E-state index in [1.54, 1.807) is 0 Å². The van der Waals surface area contributed by atoms with Crippen LogP contribution in [0.15, 0.2) is 36.4 Å². The summed E-state index contributed by atoms with van der Waals surface area (Å²) in [6, 6.07) is 12.3. The Hall–Kier alpha value is -2.43. The van der Waals surface area contributed by atoms with Crippen molar-refractivity contribution in [3.8, 4) is 0 Å². The Kier molecular flexibility index (Phi) is 3.56. The molecule has 0 aliphatic heterocycles. The van der Waals surface area contributed by atoms with Crippen LogP contribution < -0.4 is 5.32 Å². The van der Waals surface area contributed by atoms with Gasteiger partial charge in [0.1, 0.15) is 0 Å². The Morgan fingerprint density at radius 2 is 1.90 bits per heavy atom. The number of benzene rings is 1. The van der Waals surface area contributed by atoms with E-state index >= 15 is 0 Å². The molecular formula is C16H19N5. The van der Waals surface area contributed by atoms with E-state index in [0.717, 1.165) is 11.4 Å². The van der Waals surface area contributed by atoms with E-state index in [4.69, 9.17) is 0 Å². The molecule has 1 N–H and O–H groups in total. The van der Waals surface area contributed by atoms with Crippen LogP contribution in [0.25, 0.3) is 5.78 Å². The fourth-order valence-electron chi connectivity index (χ4n) is 2.28. The molecule has 5 heteroatoms. The van der Waals surface area contributed by atoms with Crippen molar-refractivity contribution in [2.45, 2.75) is 33.2 Å². The molecule has 0 unspecified atom stereocenters. The lowest BCUT2D eigenvalue weighted by atomic mass is 10.1. The first kappa shape index (κ1) is 13.5. The molecule has 0 amide bonds. The summed E-state index contributed by atoms with van der Waals surface area (Å²) in [5, 5.41) is 7.77. The smallest absolute Gasteiger partial charge is 0.254 e. The van der Waals surface area contributed by atoms with Crippen LogP contribution in [0.4, 0.5) is 5.95 Å². The second-order valence-electron chi connectivity index (χ2n) is 5.46. The van der Waals surface area contributed by atoms with E-state index in [-0.39, 0.29) is 0 Å². The molecule has 0 saturated carbocycles. The van der Waals surface area contributed by atoms with Crippen molar-refractivity contribution in [3.63, 3.8) is 0 Å². The van der Waals surface area contributed by atoms with Gasteiger partial charge >= 0.3 is 0 Å². The van der Waals surface area contributed by atoms with Crippen LogP contribution in [0.2, 0.25) is 0 Å². The minimum atomic E-state index is 0.373. The molecule has 0 spiro atoms. The first-order chi connectivity index (χ1) is 10.1. The standard InChI is InChI=1S/C16H19N5/c1-11(2)14-9-12(3)18-16-19-15(20-21(14)16)17-10-13-7-5-4-6-8-13/h4-9,11H,10H2,1-3H3,(H,17,20). The Bertz CT molecular complexity index is 746. The van der Waals surface area contributed by atoms with Gasteiger partial charge in [-0.2, -0.15) is 9.50 Å². The van der Waals surface area contributed by atoms with Gasteiger partial charge in [-0.25, -0.2) is 4.98 Å². The molecule has 3 aromatic rings. The SMILES string of the molecule is Cc1cc(C(C)C)n2nc(NCc3ccccc3)nc2n1. The van der Waals surface area contributed by atoms with Gasteiger partial charge in [0, 0.05) is 12.2 Å². The van der Waals surface area contributed by atoms with Crippen LogP contribution in [-0.4, -0.2) is 19.6 Å². The molecule has 5 nitrogen and oxygen atoms in total. The fourth-order valence-corrected chi connectivity index (χ4v) is 2.28. The molecule has 0 bridgehead atoms. The zero-order valence-electron chi connectivity index (χ0n) is 12.5. The predicted molar refractivity (Wildman–Crippen MR) is 83.4 cm³/mol. The highest BCUT2D eigenvalue weighted by molar-refractivity contribution is 5.40. The van der Waals surface area contributed by atoms with Gasteiger partial charge < -0.3 is 5.32 Å². The van der Waals surface area contributed by atoms with Crippen molar-refractivity contribution in [3.05, 3.63) is 53.3 Å². The lowest BCUT2D eigenvalue weighted by Crippen LogP contribution is -2.04. The molecule has 0 fully saturated rings. The van der Waals surface area contributed by atoms with Crippen molar-refractivity contribution in [2.24, 2.45) is 0 Å². The molecule has 3 rings (SSSR count). The first-order valence-electron chi connectivity index (χ1n) is 7.15. The summed E-state index contributed by atoms with van der Waals surface area (Å²) in [6.07, 6.45) is 0. The fraction of sp³-hybridized carbons (Fsp3) is 0.312. The lowest BCUT2D eigenvalue weighted by molar-refractivity contribution is 0.745. The highest BCUT2D eigenvalue weighted by Gasteiger charge is 2.12. The summed E-state index contributed by atoms with van der Waals surface area (Å²) >= 11 is 0. The zero-order chi connectivity index (χ0) is 14.8. The van der Waals surface area contributed by atoms with Crippen LogP contribution >= 0.6 is 0 Å². The summed E-state index contributed by atoms with van der Waals surface area (Å²) < 4.78 is 1.82. The number of nitrogens with one attached hydrogen (secondary N) is 1. The minimum Gasteiger partial charge on any atom is -0.349 e. The third kappa shape index (κ3) is 2.86. The number of aromatic nitrogens is 4. The van der Waals surface area contributed by atoms with Crippen LogP contribution in [0, 0.1) is 6.92 Å². The van der Waals surface area contributed by atoms with E-state index in [1.165, 1.54) is 5.56 Å². The number of aryl methyl sites for hydroxylation is 1. The van der Waals surface area contributed by atoms with Gasteiger partial charge in [-0.05, 0) is 24.5 Å². The second-order valence-corrected chi connectivity index (χ2v) is 5.46. The average molecular weight is 281 g/mol. The molecule has 108 valence electrons. The summed E-state index contributed by atoms with van der Waals surface area (Å²) in [6.45, 7) is 6.98. The Labute approximate surface area is 124 Å². The quantitative estimate of drug-likeness (QED) is 0.798. The Morgan fingerprint density at radius 1 is 1.14 bits per heavy atom. The average Bonchev–Trinajstić information content (AvgIpc) is 2.87. The van der Waals surface area contributed by atoms with E-state index < -0.39 is 0 Å². The number of rotatable bonds is 4. The van der Waals surface area contributed by atoms with Crippen LogP contribution in [-0.2, 0) is 6.54 Å². The van der Waals surface area contributed by atoms with Gasteiger partial charge in [0.25, 0.3) is 5.78 Å². The van der Waals surface area contributed by atoms with E-state index in [9.17, 15) is 0 Å². The molecule has 21 heavy (non-hydrogen) atoms. The number of anilines is 1. The van der Waals surface area contributed by atoms with Crippen molar-refractivity contribution in [2.75, 3.05) is 5.32 Å². The topological polar surface area (TPSA) is 55.1 Å². The van der Waals surface area contributed by atoms with Gasteiger partial charge in [0.05, 0.1) is 5.69 Å².